The molecule has 0 bridgehead atoms. The SMILES string of the molecule is C1=CC2CCCN(c3ccc4c(c3)C3(CCCC3)c3cc(C=Cc5ccc(N6c7ccccc7C=Cc7ccccc76)cc5)ccc3-4)C2C=C1. The molecule has 5 aromatic rings. The average molecular weight is 647 g/mol. The first-order chi connectivity index (χ1) is 24.7. The summed E-state index contributed by atoms with van der Waals surface area (Å²) in [7, 11) is 0. The molecule has 2 atom stereocenters. The van der Waals surface area contributed by atoms with Gasteiger partial charge in [-0.15, -0.1) is 0 Å². The first-order valence-electron chi connectivity index (χ1n) is 18.6. The van der Waals surface area contributed by atoms with Crippen molar-refractivity contribution in [1.29, 1.82) is 0 Å². The molecule has 0 N–H and O–H groups in total. The third-order valence-corrected chi connectivity index (χ3v) is 12.1. The summed E-state index contributed by atoms with van der Waals surface area (Å²) >= 11 is 0. The van der Waals surface area contributed by atoms with E-state index in [1.54, 1.807) is 11.1 Å². The zero-order chi connectivity index (χ0) is 33.1. The Labute approximate surface area is 296 Å². The topological polar surface area (TPSA) is 6.48 Å². The summed E-state index contributed by atoms with van der Waals surface area (Å²) in [6, 6.07) is 41.5. The molecule has 0 amide bonds. The van der Waals surface area contributed by atoms with Gasteiger partial charge in [-0.05, 0) is 107 Å². The highest BCUT2D eigenvalue weighted by Crippen LogP contribution is 2.58. The second kappa shape index (κ2) is 11.9. The van der Waals surface area contributed by atoms with Gasteiger partial charge >= 0.3 is 0 Å². The molecule has 5 aromatic carbocycles. The third kappa shape index (κ3) is 4.76. The molecule has 3 aliphatic carbocycles. The molecule has 2 nitrogen and oxygen atoms in total. The van der Waals surface area contributed by atoms with Crippen LogP contribution in [0.25, 0.3) is 35.4 Å². The summed E-state index contributed by atoms with van der Waals surface area (Å²) in [5.74, 6) is 0.630. The normalized spacial score (nSPS) is 20.8. The molecule has 1 saturated heterocycles. The van der Waals surface area contributed by atoms with Gasteiger partial charge in [0, 0.05) is 29.3 Å². The van der Waals surface area contributed by atoms with E-state index in [9.17, 15) is 0 Å². The highest BCUT2D eigenvalue weighted by molar-refractivity contribution is 5.93. The molecule has 2 heterocycles. The van der Waals surface area contributed by atoms with Gasteiger partial charge in [0.15, 0.2) is 0 Å². The van der Waals surface area contributed by atoms with Crippen LogP contribution in [0.2, 0.25) is 0 Å². The fourth-order valence-electron chi connectivity index (χ4n) is 9.67. The number of allylic oxidation sites excluding steroid dienone is 2. The van der Waals surface area contributed by atoms with E-state index < -0.39 is 0 Å². The Balaban J connectivity index is 0.948. The highest BCUT2D eigenvalue weighted by Gasteiger charge is 2.45. The number of piperidine rings is 1. The van der Waals surface area contributed by atoms with Crippen LogP contribution < -0.4 is 9.80 Å². The van der Waals surface area contributed by atoms with Crippen molar-refractivity contribution in [3.63, 3.8) is 0 Å². The molecule has 1 spiro atoms. The molecule has 10 rings (SSSR count). The number of benzene rings is 5. The van der Waals surface area contributed by atoms with Crippen molar-refractivity contribution in [3.05, 3.63) is 167 Å². The Morgan fingerprint density at radius 2 is 1.20 bits per heavy atom. The van der Waals surface area contributed by atoms with E-state index in [4.69, 9.17) is 0 Å². The maximum Gasteiger partial charge on any atom is 0.0538 e. The molecule has 2 fully saturated rings. The lowest BCUT2D eigenvalue weighted by molar-refractivity contribution is 0.421. The highest BCUT2D eigenvalue weighted by atomic mass is 15.2. The van der Waals surface area contributed by atoms with E-state index in [0.717, 1.165) is 6.54 Å². The number of anilines is 4. The zero-order valence-electron chi connectivity index (χ0n) is 28.5. The second-order valence-electron chi connectivity index (χ2n) is 14.8. The molecule has 0 radical (unpaired) electrons. The summed E-state index contributed by atoms with van der Waals surface area (Å²) in [4.78, 5) is 5.07. The molecule has 2 unspecified atom stereocenters. The van der Waals surface area contributed by atoms with Crippen molar-refractivity contribution >= 4 is 47.1 Å². The molecule has 2 heteroatoms. The molecular formula is C48H42N2. The number of rotatable bonds is 4. The van der Waals surface area contributed by atoms with Crippen LogP contribution in [0.4, 0.5) is 22.7 Å². The first kappa shape index (κ1) is 29.6. The van der Waals surface area contributed by atoms with E-state index in [1.165, 1.54) is 94.7 Å². The van der Waals surface area contributed by atoms with Crippen molar-refractivity contribution in [2.75, 3.05) is 16.3 Å². The predicted molar refractivity (Wildman–Crippen MR) is 212 cm³/mol. The van der Waals surface area contributed by atoms with Crippen LogP contribution >= 0.6 is 0 Å². The van der Waals surface area contributed by atoms with Crippen LogP contribution in [0, 0.1) is 5.92 Å². The number of nitrogens with zero attached hydrogens (tertiary/aromatic N) is 2. The number of para-hydroxylation sites is 2. The maximum absolute atomic E-state index is 2.68. The fraction of sp³-hybridized carbons (Fsp3) is 0.208. The van der Waals surface area contributed by atoms with Crippen LogP contribution in [0.5, 0.6) is 0 Å². The van der Waals surface area contributed by atoms with Crippen LogP contribution in [0.1, 0.15) is 71.9 Å². The monoisotopic (exact) mass is 646 g/mol. The number of fused-ring (bicyclic) bond motifs is 8. The van der Waals surface area contributed by atoms with E-state index in [0.29, 0.717) is 12.0 Å². The molecule has 2 aliphatic heterocycles. The Bertz CT molecular complexity index is 2180. The average Bonchev–Trinajstić information content (AvgIpc) is 3.73. The lowest BCUT2D eigenvalue weighted by Gasteiger charge is -2.42. The van der Waals surface area contributed by atoms with Gasteiger partial charge in [-0.3, -0.25) is 0 Å². The van der Waals surface area contributed by atoms with Gasteiger partial charge in [-0.2, -0.15) is 0 Å². The fourth-order valence-corrected chi connectivity index (χ4v) is 9.67. The van der Waals surface area contributed by atoms with Crippen molar-refractivity contribution in [2.24, 2.45) is 5.92 Å². The largest absolute Gasteiger partial charge is 0.364 e. The van der Waals surface area contributed by atoms with Gasteiger partial charge in [-0.1, -0.05) is 134 Å². The minimum atomic E-state index is 0.137. The standard InChI is InChI=1S/C48H42N2/c1-4-14-45-36(10-1)13-9-31-49(45)40-26-28-42-41-27-21-35(32-43(41)48(44(42)33-40)29-7-8-30-48)18-17-34-19-24-39(25-20-34)50-46-15-5-2-11-37(46)22-23-38-12-3-6-16-47(38)50/h1-6,10-12,14-28,32-33,36,45H,7-9,13,29-31H2. The Morgan fingerprint density at radius 1 is 0.580 bits per heavy atom. The molecular weight excluding hydrogens is 605 g/mol. The van der Waals surface area contributed by atoms with E-state index >= 15 is 0 Å². The van der Waals surface area contributed by atoms with Crippen molar-refractivity contribution in [1.82, 2.24) is 0 Å². The summed E-state index contributed by atoms with van der Waals surface area (Å²) in [5, 5.41) is 0. The van der Waals surface area contributed by atoms with Crippen molar-refractivity contribution in [2.45, 2.75) is 50.0 Å². The van der Waals surface area contributed by atoms with Crippen LogP contribution in [-0.2, 0) is 5.41 Å². The Kier molecular flexibility index (Phi) is 7.05. The van der Waals surface area contributed by atoms with Gasteiger partial charge in [-0.25, -0.2) is 0 Å². The second-order valence-corrected chi connectivity index (χ2v) is 14.8. The van der Waals surface area contributed by atoms with Gasteiger partial charge in [0.1, 0.15) is 0 Å². The van der Waals surface area contributed by atoms with Gasteiger partial charge < -0.3 is 9.80 Å². The zero-order valence-corrected chi connectivity index (χ0v) is 28.5. The van der Waals surface area contributed by atoms with Crippen LogP contribution in [-0.4, -0.2) is 12.6 Å². The summed E-state index contributed by atoms with van der Waals surface area (Å²) in [6.45, 7) is 1.14. The van der Waals surface area contributed by atoms with E-state index in [1.807, 2.05) is 0 Å². The van der Waals surface area contributed by atoms with Crippen LogP contribution in [0.15, 0.2) is 133 Å². The quantitative estimate of drug-likeness (QED) is 0.176. The number of hydrogen-bond donors (Lipinski definition) is 0. The summed E-state index contributed by atoms with van der Waals surface area (Å²) in [5.41, 5.74) is 16.1. The van der Waals surface area contributed by atoms with Gasteiger partial charge in [0.25, 0.3) is 0 Å². The summed E-state index contributed by atoms with van der Waals surface area (Å²) < 4.78 is 0. The Morgan fingerprint density at radius 3 is 1.96 bits per heavy atom. The van der Waals surface area contributed by atoms with Crippen molar-refractivity contribution in [3.8, 4) is 11.1 Å². The summed E-state index contributed by atoms with van der Waals surface area (Å²) in [6.07, 6.45) is 26.0. The molecule has 0 aromatic heterocycles. The maximum atomic E-state index is 2.68. The van der Waals surface area contributed by atoms with Crippen molar-refractivity contribution < 1.29 is 0 Å². The minimum Gasteiger partial charge on any atom is -0.364 e. The molecule has 1 saturated carbocycles. The van der Waals surface area contributed by atoms with Crippen LogP contribution in [0.3, 0.4) is 0 Å². The molecule has 244 valence electrons. The van der Waals surface area contributed by atoms with Gasteiger partial charge in [0.05, 0.1) is 17.4 Å². The lowest BCUT2D eigenvalue weighted by Crippen LogP contribution is -2.44. The molecule has 50 heavy (non-hydrogen) atoms. The van der Waals surface area contributed by atoms with Gasteiger partial charge in [0.2, 0.25) is 0 Å². The third-order valence-electron chi connectivity index (χ3n) is 12.1. The van der Waals surface area contributed by atoms with E-state index in [2.05, 4.69) is 168 Å². The smallest absolute Gasteiger partial charge is 0.0538 e. The predicted octanol–water partition coefficient (Wildman–Crippen LogP) is 12.4. The van der Waals surface area contributed by atoms with E-state index in [-0.39, 0.29) is 5.41 Å². The minimum absolute atomic E-state index is 0.137. The first-order valence-corrected chi connectivity index (χ1v) is 18.6. The lowest BCUT2D eigenvalue weighted by atomic mass is 9.76. The Hall–Kier alpha value is -5.34. The number of hydrogen-bond acceptors (Lipinski definition) is 2. The molecule has 5 aliphatic rings.